The van der Waals surface area contributed by atoms with Crippen LogP contribution in [0.5, 0.6) is 0 Å². The van der Waals surface area contributed by atoms with Crippen LogP contribution < -0.4 is 81.4 Å². The van der Waals surface area contributed by atoms with E-state index >= 15 is 0 Å². The number of benzene rings is 2. The van der Waals surface area contributed by atoms with E-state index in [2.05, 4.69) is 65.1 Å². The van der Waals surface area contributed by atoms with E-state index in [1.807, 2.05) is 6.92 Å². The number of likely N-dealkylation sites (N-methyl/N-ethyl adjacent to an activating group) is 1. The molecule has 2 aliphatic heterocycles. The van der Waals surface area contributed by atoms with Gasteiger partial charge < -0.3 is 86.3 Å². The van der Waals surface area contributed by atoms with Gasteiger partial charge in [0.25, 0.3) is 0 Å². The Morgan fingerprint density at radius 2 is 1.29 bits per heavy atom. The monoisotopic (exact) mass is 1220 g/mol. The van der Waals surface area contributed by atoms with E-state index in [0.29, 0.717) is 49.1 Å². The molecule has 30 heteroatoms. The summed E-state index contributed by atoms with van der Waals surface area (Å²) in [5.74, 6) is -9.18. The van der Waals surface area contributed by atoms with Gasteiger partial charge in [-0.05, 0) is 70.2 Å². The van der Waals surface area contributed by atoms with E-state index in [9.17, 15) is 57.5 Å². The molecule has 4 rings (SSSR count). The number of hydrogen-bond donors (Lipinski definition) is 15. The highest BCUT2D eigenvalue weighted by Gasteiger charge is 2.39. The normalized spacial score (nSPS) is 21.3. The predicted octanol–water partition coefficient (Wildman–Crippen LogP) is -4.66. The largest absolute Gasteiger partial charge is 0.378 e. The predicted molar refractivity (Wildman–Crippen MR) is 319 cm³/mol. The topological polar surface area (TPSA) is 444 Å². The molecule has 85 heavy (non-hydrogen) atoms. The van der Waals surface area contributed by atoms with Crippen LogP contribution >= 0.6 is 21.6 Å². The SMILES string of the molecule is C=C(NCC(N)=O)[C@H](CCCCN)NC(=O)[C@@H]1CCCN1C(=O)[C@@H]1CSSC[C@H](NC(=O)CNC(=O)CNC(=O)CNC)C(=O)N[C@H](Cc2ccc(C)cc2)C(=O)N[C@@H](Cc2ccccc2)C(=O)N[C@@H](CCC(N)=O)C(=O)N[C@@H](CC(N)=O)CN1. The van der Waals surface area contributed by atoms with Gasteiger partial charge in [-0.2, -0.15) is 0 Å². The molecule has 2 aromatic carbocycles. The number of carbonyl (C=O) groups excluding carboxylic acids is 12. The van der Waals surface area contributed by atoms with Gasteiger partial charge in [0.05, 0.1) is 44.3 Å². The summed E-state index contributed by atoms with van der Waals surface area (Å²) in [6.45, 7) is 4.71. The van der Waals surface area contributed by atoms with Crippen molar-refractivity contribution < 1.29 is 57.5 Å². The highest BCUT2D eigenvalue weighted by atomic mass is 33.1. The number of likely N-dealkylation sites (tertiary alicyclic amines) is 1. The number of primary amides is 3. The molecule has 12 amide bonds. The third kappa shape index (κ3) is 25.5. The van der Waals surface area contributed by atoms with Gasteiger partial charge in [0.2, 0.25) is 70.9 Å². The third-order valence-electron chi connectivity index (χ3n) is 13.6. The first kappa shape index (κ1) is 69.7. The van der Waals surface area contributed by atoms with Gasteiger partial charge in [-0.25, -0.2) is 0 Å². The Bertz CT molecular complexity index is 2660. The van der Waals surface area contributed by atoms with E-state index in [1.54, 1.807) is 61.6 Å². The maximum Gasteiger partial charge on any atom is 0.244 e. The van der Waals surface area contributed by atoms with Crippen molar-refractivity contribution in [1.29, 1.82) is 0 Å². The van der Waals surface area contributed by atoms with E-state index in [1.165, 1.54) is 4.90 Å². The van der Waals surface area contributed by atoms with Crippen LogP contribution in [0.4, 0.5) is 0 Å². The lowest BCUT2D eigenvalue weighted by molar-refractivity contribution is -0.139. The Morgan fingerprint density at radius 3 is 1.92 bits per heavy atom. The smallest absolute Gasteiger partial charge is 0.244 e. The lowest BCUT2D eigenvalue weighted by Gasteiger charge is -2.31. The van der Waals surface area contributed by atoms with Crippen molar-refractivity contribution in [3.63, 3.8) is 0 Å². The molecule has 466 valence electrons. The average molecular weight is 1220 g/mol. The molecule has 2 heterocycles. The molecule has 0 aliphatic carbocycles. The van der Waals surface area contributed by atoms with Crippen molar-refractivity contribution in [2.24, 2.45) is 22.9 Å². The molecule has 0 unspecified atom stereocenters. The van der Waals surface area contributed by atoms with Gasteiger partial charge in [0.15, 0.2) is 0 Å². The fraction of sp³-hybridized carbons (Fsp3) is 0.527. The number of aryl methyl sites for hydroxylation is 1. The Balaban J connectivity index is 1.78. The third-order valence-corrected chi connectivity index (χ3v) is 16.0. The first-order valence-corrected chi connectivity index (χ1v) is 30.4. The summed E-state index contributed by atoms with van der Waals surface area (Å²) in [4.78, 5) is 163. The van der Waals surface area contributed by atoms with Crippen molar-refractivity contribution in [3.8, 4) is 0 Å². The minimum absolute atomic E-state index is 0.0643. The summed E-state index contributed by atoms with van der Waals surface area (Å²) in [5, 5.41) is 29.9. The van der Waals surface area contributed by atoms with Crippen LogP contribution in [-0.2, 0) is 70.4 Å². The molecule has 0 aromatic heterocycles. The van der Waals surface area contributed by atoms with E-state index in [-0.39, 0.29) is 69.8 Å². The number of unbranched alkanes of at least 4 members (excludes halogenated alkanes) is 1. The fourth-order valence-electron chi connectivity index (χ4n) is 9.05. The number of nitrogens with zero attached hydrogens (tertiary/aromatic N) is 1. The van der Waals surface area contributed by atoms with Crippen molar-refractivity contribution in [2.45, 2.75) is 119 Å². The summed E-state index contributed by atoms with van der Waals surface area (Å²) in [5.41, 5.74) is 24.7. The van der Waals surface area contributed by atoms with Crippen molar-refractivity contribution in [1.82, 2.24) is 63.4 Å². The number of rotatable bonds is 27. The van der Waals surface area contributed by atoms with Crippen molar-refractivity contribution >= 4 is 92.5 Å². The number of nitrogens with one attached hydrogen (secondary N) is 11. The molecule has 2 aromatic rings. The molecule has 28 nitrogen and oxygen atoms in total. The van der Waals surface area contributed by atoms with Crippen LogP contribution in [0.3, 0.4) is 0 Å². The standard InChI is InChI=1S/C55H82N16O12S2/c1-32-14-16-35(17-15-32)23-40-52(80)69-39(22-34-10-5-4-6-11-34)51(79)68-38(18-19-44(57)72)50(78)65-36(24-45(58)73)25-62-42(31-85-84-30-41(53(81)70-40)66-49(77)29-64-48(76)28-63-47(75)27-60-3)55(83)71-21-9-13-43(71)54(82)67-37(12-7-8-20-56)33(2)61-26-46(59)74/h4-6,10-11,14-17,36-43,60-62H,2,7-9,12-13,18-31,56H2,1,3H3,(H2,57,72)(H2,58,73)(H2,59,74)(H,63,75)(H,64,76)(H,65,78)(H,66,77)(H,67,82)(H,68,79)(H,69,80)(H,70,81)/t36-,37-,38-,39-,40+,41-,42-,43-/m0/s1. The molecule has 8 atom stereocenters. The Hall–Kier alpha value is -7.80. The van der Waals surface area contributed by atoms with Crippen LogP contribution in [0.2, 0.25) is 0 Å². The molecule has 2 fully saturated rings. The first-order chi connectivity index (χ1) is 40.6. The van der Waals surface area contributed by atoms with E-state index < -0.39 is 139 Å². The molecule has 0 spiro atoms. The fourth-order valence-corrected chi connectivity index (χ4v) is 11.4. The lowest BCUT2D eigenvalue weighted by atomic mass is 10.0. The van der Waals surface area contributed by atoms with Gasteiger partial charge in [-0.1, -0.05) is 88.3 Å². The molecule has 2 saturated heterocycles. The summed E-state index contributed by atoms with van der Waals surface area (Å²) >= 11 is 0. The molecule has 0 radical (unpaired) electrons. The Kier molecular flexibility index (Phi) is 30.2. The summed E-state index contributed by atoms with van der Waals surface area (Å²) in [6.07, 6.45) is 0.840. The number of hydrogen-bond acceptors (Lipinski definition) is 18. The van der Waals surface area contributed by atoms with Crippen molar-refractivity contribution in [2.75, 3.05) is 64.4 Å². The lowest BCUT2D eigenvalue weighted by Crippen LogP contribution is -2.60. The highest BCUT2D eigenvalue weighted by molar-refractivity contribution is 8.76. The van der Waals surface area contributed by atoms with Crippen LogP contribution in [0.1, 0.15) is 68.1 Å². The highest BCUT2D eigenvalue weighted by Crippen LogP contribution is 2.26. The minimum atomic E-state index is -1.50. The second kappa shape index (κ2) is 36.8. The van der Waals surface area contributed by atoms with E-state index in [4.69, 9.17) is 22.9 Å². The Labute approximate surface area is 501 Å². The molecular formula is C55H82N16O12S2. The first-order valence-electron chi connectivity index (χ1n) is 27.9. The van der Waals surface area contributed by atoms with Crippen LogP contribution in [0, 0.1) is 6.92 Å². The maximum atomic E-state index is 14.9. The second-order valence-electron chi connectivity index (χ2n) is 20.6. The molecule has 2 aliphatic rings. The number of amides is 12. The van der Waals surface area contributed by atoms with Gasteiger partial charge in [0.1, 0.15) is 30.2 Å². The number of nitrogens with two attached hydrogens (primary N) is 4. The molecular weight excluding hydrogens is 1140 g/mol. The summed E-state index contributed by atoms with van der Waals surface area (Å²) in [7, 11) is 3.67. The zero-order valence-corrected chi connectivity index (χ0v) is 49.6. The van der Waals surface area contributed by atoms with Crippen molar-refractivity contribution in [3.05, 3.63) is 83.6 Å². The van der Waals surface area contributed by atoms with Gasteiger partial charge in [-0.3, -0.25) is 57.5 Å². The van der Waals surface area contributed by atoms with Crippen LogP contribution in [0.25, 0.3) is 0 Å². The van der Waals surface area contributed by atoms with Gasteiger partial charge in [-0.15, -0.1) is 0 Å². The molecule has 19 N–H and O–H groups in total. The van der Waals surface area contributed by atoms with Gasteiger partial charge in [0, 0.05) is 56.0 Å². The van der Waals surface area contributed by atoms with Crippen LogP contribution in [0.15, 0.2) is 66.9 Å². The number of carbonyl (C=O) groups is 12. The average Bonchev–Trinajstić information content (AvgIpc) is 4.23. The second-order valence-corrected chi connectivity index (χ2v) is 23.1. The zero-order chi connectivity index (χ0) is 62.4. The van der Waals surface area contributed by atoms with Gasteiger partial charge >= 0.3 is 0 Å². The summed E-state index contributed by atoms with van der Waals surface area (Å²) < 4.78 is 0. The quantitative estimate of drug-likeness (QED) is 0.0295. The maximum absolute atomic E-state index is 14.9. The Morgan fingerprint density at radius 1 is 0.694 bits per heavy atom. The minimum Gasteiger partial charge on any atom is -0.378 e. The molecule has 0 bridgehead atoms. The van der Waals surface area contributed by atoms with E-state index in [0.717, 1.165) is 27.2 Å². The zero-order valence-electron chi connectivity index (χ0n) is 47.9. The molecule has 0 saturated carbocycles. The van der Waals surface area contributed by atoms with Crippen LogP contribution in [-0.4, -0.2) is 188 Å². The summed E-state index contributed by atoms with van der Waals surface area (Å²) in [6, 6.07) is 5.88.